The number of benzene rings is 2. The first-order valence-electron chi connectivity index (χ1n) is 13.3. The Morgan fingerprint density at radius 1 is 1.03 bits per heavy atom. The number of unbranched alkanes of at least 4 members (excludes halogenated alkanes) is 1. The average molecular weight is 507 g/mol. The molecule has 37 heavy (non-hydrogen) atoms. The summed E-state index contributed by atoms with van der Waals surface area (Å²) in [5.41, 5.74) is 3.41. The Balaban J connectivity index is 1.64. The van der Waals surface area contributed by atoms with Crippen LogP contribution in [0.2, 0.25) is 0 Å². The maximum atomic E-state index is 13.3. The van der Waals surface area contributed by atoms with E-state index in [2.05, 4.69) is 11.8 Å². The molecule has 1 atom stereocenters. The minimum absolute atomic E-state index is 0.138. The standard InChI is InChI=1S/C30H38N2O5/c1-4-5-17-37-25-12-11-24(20-22(25)3)28(33)26-27(23-9-7-21(2)8-10-23)32(30(35)29(26)34)14-6-13-31-15-18-36-19-16-31/h7-12,20,27,33H,4-6,13-19H2,1-3H3/t27-/m0/s1. The summed E-state index contributed by atoms with van der Waals surface area (Å²) in [5, 5.41) is 11.4. The number of carbonyl (C=O) groups is 2. The Bertz CT molecular complexity index is 1140. The first-order valence-corrected chi connectivity index (χ1v) is 13.3. The zero-order chi connectivity index (χ0) is 26.4. The number of hydrogen-bond donors (Lipinski definition) is 1. The monoisotopic (exact) mass is 506 g/mol. The topological polar surface area (TPSA) is 79.3 Å². The fraction of sp³-hybridized carbons (Fsp3) is 0.467. The van der Waals surface area contributed by atoms with E-state index in [-0.39, 0.29) is 11.3 Å². The molecule has 1 N–H and O–H groups in total. The van der Waals surface area contributed by atoms with E-state index in [1.165, 1.54) is 0 Å². The number of nitrogens with zero attached hydrogens (tertiary/aromatic N) is 2. The fourth-order valence-corrected chi connectivity index (χ4v) is 4.94. The largest absolute Gasteiger partial charge is 0.507 e. The highest BCUT2D eigenvalue weighted by molar-refractivity contribution is 6.46. The lowest BCUT2D eigenvalue weighted by Crippen LogP contribution is -2.38. The summed E-state index contributed by atoms with van der Waals surface area (Å²) in [6.45, 7) is 11.1. The maximum Gasteiger partial charge on any atom is 0.295 e. The number of ketones is 1. The number of aryl methyl sites for hydroxylation is 2. The van der Waals surface area contributed by atoms with Crippen LogP contribution in [0.4, 0.5) is 0 Å². The van der Waals surface area contributed by atoms with Gasteiger partial charge in [-0.1, -0.05) is 43.2 Å². The second kappa shape index (κ2) is 12.4. The van der Waals surface area contributed by atoms with Gasteiger partial charge >= 0.3 is 0 Å². The summed E-state index contributed by atoms with van der Waals surface area (Å²) < 4.78 is 11.3. The van der Waals surface area contributed by atoms with Gasteiger partial charge in [-0.15, -0.1) is 0 Å². The van der Waals surface area contributed by atoms with E-state index in [9.17, 15) is 14.7 Å². The lowest BCUT2D eigenvalue weighted by Gasteiger charge is -2.29. The van der Waals surface area contributed by atoms with E-state index in [1.54, 1.807) is 11.0 Å². The lowest BCUT2D eigenvalue weighted by atomic mass is 9.94. The Morgan fingerprint density at radius 3 is 2.43 bits per heavy atom. The fourth-order valence-electron chi connectivity index (χ4n) is 4.94. The molecular weight excluding hydrogens is 468 g/mol. The van der Waals surface area contributed by atoms with Gasteiger partial charge in [0.2, 0.25) is 0 Å². The van der Waals surface area contributed by atoms with E-state index in [4.69, 9.17) is 9.47 Å². The van der Waals surface area contributed by atoms with Crippen molar-refractivity contribution in [3.63, 3.8) is 0 Å². The Morgan fingerprint density at radius 2 is 1.76 bits per heavy atom. The highest BCUT2D eigenvalue weighted by atomic mass is 16.5. The van der Waals surface area contributed by atoms with Gasteiger partial charge in [-0.05, 0) is 56.0 Å². The van der Waals surface area contributed by atoms with Crippen LogP contribution in [0.1, 0.15) is 54.5 Å². The molecule has 0 saturated carbocycles. The van der Waals surface area contributed by atoms with Gasteiger partial charge in [0.05, 0.1) is 31.4 Å². The number of amides is 1. The summed E-state index contributed by atoms with van der Waals surface area (Å²) in [6.07, 6.45) is 2.74. The summed E-state index contributed by atoms with van der Waals surface area (Å²) in [4.78, 5) is 30.5. The van der Waals surface area contributed by atoms with Crippen molar-refractivity contribution < 1.29 is 24.2 Å². The van der Waals surface area contributed by atoms with Gasteiger partial charge in [0, 0.05) is 31.7 Å². The van der Waals surface area contributed by atoms with Crippen molar-refractivity contribution in [1.82, 2.24) is 9.80 Å². The molecule has 0 radical (unpaired) electrons. The van der Waals surface area contributed by atoms with Crippen LogP contribution in [0.5, 0.6) is 5.75 Å². The summed E-state index contributed by atoms with van der Waals surface area (Å²) in [6, 6.07) is 12.6. The molecule has 2 saturated heterocycles. The number of morpholine rings is 1. The van der Waals surface area contributed by atoms with Gasteiger partial charge in [-0.25, -0.2) is 0 Å². The molecular formula is C30H38N2O5. The zero-order valence-corrected chi connectivity index (χ0v) is 22.2. The molecule has 0 unspecified atom stereocenters. The van der Waals surface area contributed by atoms with Gasteiger partial charge in [0.25, 0.3) is 11.7 Å². The second-order valence-corrected chi connectivity index (χ2v) is 9.89. The smallest absolute Gasteiger partial charge is 0.295 e. The lowest BCUT2D eigenvalue weighted by molar-refractivity contribution is -0.140. The van der Waals surface area contributed by atoms with Crippen LogP contribution < -0.4 is 4.74 Å². The van der Waals surface area contributed by atoms with Crippen molar-refractivity contribution in [1.29, 1.82) is 0 Å². The first-order chi connectivity index (χ1) is 17.9. The number of rotatable bonds is 10. The van der Waals surface area contributed by atoms with Crippen molar-refractivity contribution in [3.8, 4) is 5.75 Å². The Kier molecular flexibility index (Phi) is 9.00. The highest BCUT2D eigenvalue weighted by Gasteiger charge is 2.45. The van der Waals surface area contributed by atoms with Crippen molar-refractivity contribution in [2.24, 2.45) is 0 Å². The Hall–Kier alpha value is -3.16. The number of hydrogen-bond acceptors (Lipinski definition) is 6. The van der Waals surface area contributed by atoms with Crippen LogP contribution in [0.25, 0.3) is 5.76 Å². The Labute approximate surface area is 219 Å². The molecule has 2 fully saturated rings. The van der Waals surface area contributed by atoms with Crippen molar-refractivity contribution >= 4 is 17.4 Å². The molecule has 7 nitrogen and oxygen atoms in total. The number of Topliss-reactive ketones (excluding diaryl/α,β-unsaturated/α-hetero) is 1. The third-order valence-corrected chi connectivity index (χ3v) is 7.11. The number of likely N-dealkylation sites (tertiary alicyclic amines) is 1. The molecule has 1 amide bonds. The second-order valence-electron chi connectivity index (χ2n) is 9.89. The molecule has 7 heteroatoms. The molecule has 2 aromatic rings. The summed E-state index contributed by atoms with van der Waals surface area (Å²) >= 11 is 0. The van der Waals surface area contributed by atoms with Gasteiger partial charge in [-0.2, -0.15) is 0 Å². The predicted molar refractivity (Wildman–Crippen MR) is 144 cm³/mol. The first kappa shape index (κ1) is 26.9. The predicted octanol–water partition coefficient (Wildman–Crippen LogP) is 4.63. The molecule has 0 aromatic heterocycles. The van der Waals surface area contributed by atoms with Crippen LogP contribution in [0.3, 0.4) is 0 Å². The minimum atomic E-state index is -0.643. The van der Waals surface area contributed by atoms with Crippen LogP contribution in [0.15, 0.2) is 48.0 Å². The third-order valence-electron chi connectivity index (χ3n) is 7.11. The van der Waals surface area contributed by atoms with Gasteiger partial charge in [0.1, 0.15) is 11.5 Å². The van der Waals surface area contributed by atoms with Crippen molar-refractivity contribution in [2.45, 2.75) is 46.1 Å². The van der Waals surface area contributed by atoms with Crippen LogP contribution in [0, 0.1) is 13.8 Å². The molecule has 2 aromatic carbocycles. The molecule has 198 valence electrons. The van der Waals surface area contributed by atoms with Crippen LogP contribution in [-0.4, -0.2) is 72.6 Å². The number of aliphatic hydroxyl groups is 1. The molecule has 2 heterocycles. The number of ether oxygens (including phenoxy) is 2. The van der Waals surface area contributed by atoms with E-state index in [0.717, 1.165) is 74.6 Å². The molecule has 0 spiro atoms. The summed E-state index contributed by atoms with van der Waals surface area (Å²) in [5.74, 6) is -0.604. The van der Waals surface area contributed by atoms with Crippen LogP contribution in [-0.2, 0) is 14.3 Å². The average Bonchev–Trinajstić information content (AvgIpc) is 3.15. The van der Waals surface area contributed by atoms with Gasteiger partial charge in [0.15, 0.2) is 0 Å². The van der Waals surface area contributed by atoms with E-state index >= 15 is 0 Å². The van der Waals surface area contributed by atoms with E-state index < -0.39 is 17.7 Å². The SMILES string of the molecule is CCCCOc1ccc(C(O)=C2C(=O)C(=O)N(CCCN3CCOCC3)[C@H]2c2ccc(C)cc2)cc1C. The van der Waals surface area contributed by atoms with Gasteiger partial charge < -0.3 is 19.5 Å². The molecule has 2 aliphatic heterocycles. The minimum Gasteiger partial charge on any atom is -0.507 e. The number of carbonyl (C=O) groups excluding carboxylic acids is 2. The highest BCUT2D eigenvalue weighted by Crippen LogP contribution is 2.40. The van der Waals surface area contributed by atoms with Crippen molar-refractivity contribution in [3.05, 3.63) is 70.3 Å². The molecule has 0 bridgehead atoms. The maximum absolute atomic E-state index is 13.3. The zero-order valence-electron chi connectivity index (χ0n) is 22.2. The van der Waals surface area contributed by atoms with Crippen LogP contribution >= 0.6 is 0 Å². The third kappa shape index (κ3) is 6.22. The van der Waals surface area contributed by atoms with Crippen molar-refractivity contribution in [2.75, 3.05) is 46.0 Å². The van der Waals surface area contributed by atoms with E-state index in [0.29, 0.717) is 18.7 Å². The molecule has 2 aliphatic rings. The van der Waals surface area contributed by atoms with E-state index in [1.807, 2.05) is 50.2 Å². The van der Waals surface area contributed by atoms with Gasteiger partial charge in [-0.3, -0.25) is 14.5 Å². The molecule has 4 rings (SSSR count). The normalized spacial score (nSPS) is 20.0. The summed E-state index contributed by atoms with van der Waals surface area (Å²) in [7, 11) is 0. The quantitative estimate of drug-likeness (QED) is 0.219. The number of aliphatic hydroxyl groups excluding tert-OH is 1. The molecule has 0 aliphatic carbocycles.